The average molecular weight is 288 g/mol. The molecule has 1 aliphatic heterocycles. The van der Waals surface area contributed by atoms with Crippen molar-refractivity contribution in [3.8, 4) is 5.88 Å². The third kappa shape index (κ3) is 3.06. The first-order valence-electron chi connectivity index (χ1n) is 7.10. The Morgan fingerprint density at radius 2 is 2.38 bits per heavy atom. The summed E-state index contributed by atoms with van der Waals surface area (Å²) in [5.74, 6) is 0.985. The lowest BCUT2D eigenvalue weighted by atomic mass is 9.97. The second-order valence-electron chi connectivity index (χ2n) is 5.30. The topological polar surface area (TPSA) is 75.2 Å². The number of rotatable bonds is 5. The van der Waals surface area contributed by atoms with Crippen molar-refractivity contribution in [2.75, 3.05) is 20.3 Å². The quantitative estimate of drug-likeness (QED) is 0.899. The molecule has 1 fully saturated rings. The first kappa shape index (κ1) is 14.0. The molecule has 1 aliphatic rings. The summed E-state index contributed by atoms with van der Waals surface area (Å²) in [6.45, 7) is 2.24. The third-order valence-electron chi connectivity index (χ3n) is 3.92. The van der Waals surface area contributed by atoms with Crippen LogP contribution in [0.25, 0.3) is 0 Å². The van der Waals surface area contributed by atoms with Crippen LogP contribution >= 0.6 is 0 Å². The predicted molar refractivity (Wildman–Crippen MR) is 78.0 cm³/mol. The molecule has 0 bridgehead atoms. The van der Waals surface area contributed by atoms with Crippen LogP contribution in [0.4, 0.5) is 0 Å². The maximum absolute atomic E-state index is 6.37. The number of pyridine rings is 1. The predicted octanol–water partition coefficient (Wildman–Crippen LogP) is 1.37. The van der Waals surface area contributed by atoms with Crippen LogP contribution in [0.15, 0.2) is 30.9 Å². The van der Waals surface area contributed by atoms with Crippen LogP contribution in [0.1, 0.15) is 23.7 Å². The van der Waals surface area contributed by atoms with Gasteiger partial charge in [0.2, 0.25) is 5.88 Å². The smallest absolute Gasteiger partial charge is 0.212 e. The van der Waals surface area contributed by atoms with Gasteiger partial charge in [-0.15, -0.1) is 0 Å². The summed E-state index contributed by atoms with van der Waals surface area (Å²) in [6.07, 6.45) is 6.48. The van der Waals surface area contributed by atoms with Gasteiger partial charge in [-0.3, -0.25) is 0 Å². The Balaban J connectivity index is 1.75. The molecule has 0 aliphatic carbocycles. The van der Waals surface area contributed by atoms with Gasteiger partial charge in [0.1, 0.15) is 0 Å². The van der Waals surface area contributed by atoms with Crippen LogP contribution in [0.2, 0.25) is 0 Å². The zero-order valence-electron chi connectivity index (χ0n) is 12.1. The highest BCUT2D eigenvalue weighted by Gasteiger charge is 2.26. The van der Waals surface area contributed by atoms with Gasteiger partial charge in [0.15, 0.2) is 0 Å². The summed E-state index contributed by atoms with van der Waals surface area (Å²) < 4.78 is 12.6. The van der Waals surface area contributed by atoms with E-state index in [0.717, 1.165) is 30.9 Å². The zero-order chi connectivity index (χ0) is 14.7. The van der Waals surface area contributed by atoms with E-state index in [4.69, 9.17) is 15.2 Å². The molecule has 6 nitrogen and oxygen atoms in total. The maximum Gasteiger partial charge on any atom is 0.212 e. The number of hydrogen-bond acceptors (Lipinski definition) is 5. The second-order valence-corrected chi connectivity index (χ2v) is 5.30. The molecular weight excluding hydrogens is 268 g/mol. The number of nitrogens with two attached hydrogens (primary N) is 1. The molecule has 0 aromatic carbocycles. The van der Waals surface area contributed by atoms with Gasteiger partial charge in [0.25, 0.3) is 0 Å². The Morgan fingerprint density at radius 1 is 1.48 bits per heavy atom. The number of imidazole rings is 1. The molecule has 6 heteroatoms. The van der Waals surface area contributed by atoms with Crippen molar-refractivity contribution in [2.24, 2.45) is 11.7 Å². The van der Waals surface area contributed by atoms with Gasteiger partial charge >= 0.3 is 0 Å². The van der Waals surface area contributed by atoms with Crippen molar-refractivity contribution in [1.82, 2.24) is 14.5 Å². The van der Waals surface area contributed by atoms with E-state index in [2.05, 4.69) is 14.5 Å². The van der Waals surface area contributed by atoms with Crippen LogP contribution in [0, 0.1) is 5.92 Å². The lowest BCUT2D eigenvalue weighted by molar-refractivity contribution is 0.180. The molecule has 2 atom stereocenters. The Bertz CT molecular complexity index is 576. The molecular formula is C15H20N4O2. The second kappa shape index (κ2) is 6.24. The Kier molecular flexibility index (Phi) is 4.17. The van der Waals surface area contributed by atoms with Crippen LogP contribution in [-0.2, 0) is 11.3 Å². The van der Waals surface area contributed by atoms with Crippen LogP contribution in [0.5, 0.6) is 5.88 Å². The van der Waals surface area contributed by atoms with Gasteiger partial charge in [-0.05, 0) is 12.0 Å². The van der Waals surface area contributed by atoms with E-state index < -0.39 is 0 Å². The molecule has 3 heterocycles. The monoisotopic (exact) mass is 288 g/mol. The van der Waals surface area contributed by atoms with Crippen molar-refractivity contribution in [3.63, 3.8) is 0 Å². The molecule has 2 unspecified atom stereocenters. The lowest BCUT2D eigenvalue weighted by Gasteiger charge is -2.19. The first-order chi connectivity index (χ1) is 10.3. The molecule has 21 heavy (non-hydrogen) atoms. The fraction of sp³-hybridized carbons (Fsp3) is 0.467. The number of methoxy groups -OCH3 is 1. The van der Waals surface area contributed by atoms with Gasteiger partial charge in [-0.2, -0.15) is 0 Å². The van der Waals surface area contributed by atoms with E-state index in [9.17, 15) is 0 Å². The number of hydrogen-bond donors (Lipinski definition) is 1. The SMILES string of the molecule is COc1ccc(Cn2cncc2C(N)C2CCOC2)cn1. The minimum atomic E-state index is -0.0405. The number of ether oxygens (including phenoxy) is 2. The summed E-state index contributed by atoms with van der Waals surface area (Å²) in [7, 11) is 1.61. The highest BCUT2D eigenvalue weighted by Crippen LogP contribution is 2.26. The Morgan fingerprint density at radius 3 is 3.05 bits per heavy atom. The van der Waals surface area contributed by atoms with E-state index >= 15 is 0 Å². The zero-order valence-corrected chi connectivity index (χ0v) is 12.1. The van der Waals surface area contributed by atoms with Crippen LogP contribution in [-0.4, -0.2) is 34.9 Å². The van der Waals surface area contributed by atoms with E-state index in [1.165, 1.54) is 0 Å². The Hall–Kier alpha value is -1.92. The molecule has 112 valence electrons. The molecule has 0 spiro atoms. The van der Waals surface area contributed by atoms with Crippen molar-refractivity contribution in [1.29, 1.82) is 0 Å². The van der Waals surface area contributed by atoms with Crippen molar-refractivity contribution in [2.45, 2.75) is 19.0 Å². The van der Waals surface area contributed by atoms with Crippen molar-refractivity contribution < 1.29 is 9.47 Å². The van der Waals surface area contributed by atoms with E-state index in [1.807, 2.05) is 30.9 Å². The summed E-state index contributed by atoms with van der Waals surface area (Å²) in [4.78, 5) is 8.46. The molecule has 1 saturated heterocycles. The Labute approximate surface area is 123 Å². The molecule has 0 radical (unpaired) electrons. The summed E-state index contributed by atoms with van der Waals surface area (Å²) in [6, 6.07) is 3.82. The van der Waals surface area contributed by atoms with E-state index in [1.54, 1.807) is 7.11 Å². The van der Waals surface area contributed by atoms with Gasteiger partial charge in [0, 0.05) is 31.0 Å². The minimum Gasteiger partial charge on any atom is -0.481 e. The highest BCUT2D eigenvalue weighted by molar-refractivity contribution is 5.19. The van der Waals surface area contributed by atoms with Crippen LogP contribution in [0.3, 0.4) is 0 Å². The molecule has 2 aromatic rings. The van der Waals surface area contributed by atoms with Gasteiger partial charge < -0.3 is 19.8 Å². The van der Waals surface area contributed by atoms with Crippen LogP contribution < -0.4 is 10.5 Å². The lowest BCUT2D eigenvalue weighted by Crippen LogP contribution is -2.24. The van der Waals surface area contributed by atoms with E-state index in [0.29, 0.717) is 18.3 Å². The standard InChI is InChI=1S/C15H20N4O2/c1-20-14-3-2-11(6-18-14)8-19-10-17-7-13(19)15(16)12-4-5-21-9-12/h2-3,6-7,10,12,15H,4-5,8-9,16H2,1H3. The molecule has 2 N–H and O–H groups in total. The highest BCUT2D eigenvalue weighted by atomic mass is 16.5. The molecule has 3 rings (SSSR count). The normalized spacial score (nSPS) is 19.6. The first-order valence-corrected chi connectivity index (χ1v) is 7.10. The average Bonchev–Trinajstić information content (AvgIpc) is 3.19. The van der Waals surface area contributed by atoms with Crippen molar-refractivity contribution >= 4 is 0 Å². The number of aromatic nitrogens is 3. The number of nitrogens with zero attached hydrogens (tertiary/aromatic N) is 3. The molecule has 2 aromatic heterocycles. The third-order valence-corrected chi connectivity index (χ3v) is 3.92. The van der Waals surface area contributed by atoms with Gasteiger partial charge in [-0.25, -0.2) is 9.97 Å². The fourth-order valence-corrected chi connectivity index (χ4v) is 2.64. The molecule has 0 saturated carbocycles. The van der Waals surface area contributed by atoms with Gasteiger partial charge in [-0.1, -0.05) is 6.07 Å². The molecule has 0 amide bonds. The summed E-state index contributed by atoms with van der Waals surface area (Å²) in [5, 5.41) is 0. The largest absolute Gasteiger partial charge is 0.481 e. The minimum absolute atomic E-state index is 0.0405. The van der Waals surface area contributed by atoms with Crippen molar-refractivity contribution in [3.05, 3.63) is 42.1 Å². The summed E-state index contributed by atoms with van der Waals surface area (Å²) in [5.41, 5.74) is 8.50. The summed E-state index contributed by atoms with van der Waals surface area (Å²) >= 11 is 0. The fourth-order valence-electron chi connectivity index (χ4n) is 2.64. The van der Waals surface area contributed by atoms with E-state index in [-0.39, 0.29) is 6.04 Å². The maximum atomic E-state index is 6.37. The van der Waals surface area contributed by atoms with Gasteiger partial charge in [0.05, 0.1) is 38.3 Å².